The lowest BCUT2D eigenvalue weighted by Crippen LogP contribution is -2.22. The van der Waals surface area contributed by atoms with Crippen molar-refractivity contribution in [2.75, 3.05) is 5.32 Å². The van der Waals surface area contributed by atoms with Gasteiger partial charge in [0, 0.05) is 17.3 Å². The first-order valence-electron chi connectivity index (χ1n) is 7.94. The number of anilines is 1. The number of aliphatic carboxylic acids is 1. The zero-order valence-corrected chi connectivity index (χ0v) is 17.7. The highest BCUT2D eigenvalue weighted by atomic mass is 79.9. The van der Waals surface area contributed by atoms with Gasteiger partial charge in [-0.2, -0.15) is 5.10 Å². The van der Waals surface area contributed by atoms with Crippen molar-refractivity contribution < 1.29 is 19.5 Å². The van der Waals surface area contributed by atoms with Gasteiger partial charge in [0.25, 0.3) is 11.7 Å². The van der Waals surface area contributed by atoms with Crippen LogP contribution in [0.4, 0.5) is 5.69 Å². The number of carbonyl (C=O) groups is 3. The minimum atomic E-state index is -1.67. The molecule has 0 atom stereocenters. The highest BCUT2D eigenvalue weighted by Gasteiger charge is 2.24. The summed E-state index contributed by atoms with van der Waals surface area (Å²) in [5.41, 5.74) is 0.261. The molecule has 0 aliphatic carbocycles. The lowest BCUT2D eigenvalue weighted by Gasteiger charge is -2.14. The average Bonchev–Trinajstić information content (AvgIpc) is 3.05. The SMILES string of the molecule is Cc1cc(Cl)cc(C(=O)C(=O)O)c1NC(=O)c1cc(Br)nn1-c1ncccc1Cl. The van der Waals surface area contributed by atoms with Crippen LogP contribution >= 0.6 is 39.1 Å². The smallest absolute Gasteiger partial charge is 0.377 e. The van der Waals surface area contributed by atoms with Crippen molar-refractivity contribution in [2.24, 2.45) is 0 Å². The van der Waals surface area contributed by atoms with Crippen molar-refractivity contribution >= 4 is 62.5 Å². The Morgan fingerprint density at radius 1 is 1.21 bits per heavy atom. The molecule has 8 nitrogen and oxygen atoms in total. The number of Topliss-reactive ketones (excluding diaryl/α,β-unsaturated/α-hetero) is 1. The van der Waals surface area contributed by atoms with Crippen LogP contribution in [-0.2, 0) is 4.79 Å². The Labute approximate surface area is 182 Å². The number of nitrogens with zero attached hydrogens (tertiary/aromatic N) is 3. The molecule has 0 fully saturated rings. The number of halogens is 3. The zero-order valence-electron chi connectivity index (χ0n) is 14.6. The molecular weight excluding hydrogens is 487 g/mol. The standard InChI is InChI=1S/C18H11BrCl2N4O4/c1-8-5-9(20)6-10(15(26)18(28)29)14(8)23-17(27)12-7-13(19)24-25(12)16-11(21)3-2-4-22-16/h2-7H,1H3,(H,23,27)(H,28,29). The van der Waals surface area contributed by atoms with E-state index < -0.39 is 17.7 Å². The van der Waals surface area contributed by atoms with E-state index in [0.29, 0.717) is 10.2 Å². The molecule has 11 heteroatoms. The van der Waals surface area contributed by atoms with E-state index in [1.54, 1.807) is 19.1 Å². The van der Waals surface area contributed by atoms with Gasteiger partial charge in [-0.25, -0.2) is 14.5 Å². The van der Waals surface area contributed by atoms with Gasteiger partial charge in [0.1, 0.15) is 10.3 Å². The lowest BCUT2D eigenvalue weighted by molar-refractivity contribution is -0.131. The normalized spacial score (nSPS) is 10.6. The molecule has 2 aromatic heterocycles. The zero-order chi connectivity index (χ0) is 21.3. The van der Waals surface area contributed by atoms with Crippen molar-refractivity contribution in [2.45, 2.75) is 6.92 Å². The Morgan fingerprint density at radius 3 is 2.59 bits per heavy atom. The predicted octanol–water partition coefficient (Wildman–Crippen LogP) is 4.16. The Kier molecular flexibility index (Phi) is 6.02. The number of carbonyl (C=O) groups excluding carboxylic acids is 2. The maximum Gasteiger partial charge on any atom is 0.377 e. The maximum absolute atomic E-state index is 13.0. The van der Waals surface area contributed by atoms with Crippen LogP contribution in [0.5, 0.6) is 0 Å². The number of amides is 1. The minimum absolute atomic E-state index is 0.0304. The molecule has 2 heterocycles. The first-order valence-corrected chi connectivity index (χ1v) is 9.49. The van der Waals surface area contributed by atoms with Gasteiger partial charge in [-0.1, -0.05) is 23.2 Å². The number of ketones is 1. The summed E-state index contributed by atoms with van der Waals surface area (Å²) >= 11 is 15.3. The van der Waals surface area contributed by atoms with Gasteiger partial charge in [0.05, 0.1) is 16.3 Å². The Bertz CT molecular complexity index is 1160. The molecule has 0 aliphatic rings. The minimum Gasteiger partial charge on any atom is -0.475 e. The summed E-state index contributed by atoms with van der Waals surface area (Å²) in [6, 6.07) is 7.34. The van der Waals surface area contributed by atoms with Crippen LogP contribution in [-0.4, -0.2) is 37.5 Å². The lowest BCUT2D eigenvalue weighted by atomic mass is 10.0. The number of rotatable bonds is 5. The molecule has 0 unspecified atom stereocenters. The molecule has 0 aliphatic heterocycles. The van der Waals surface area contributed by atoms with E-state index in [0.717, 1.165) is 0 Å². The third kappa shape index (κ3) is 4.31. The van der Waals surface area contributed by atoms with E-state index in [4.69, 9.17) is 28.3 Å². The van der Waals surface area contributed by atoms with E-state index in [1.165, 1.54) is 29.1 Å². The average molecular weight is 498 g/mol. The number of hydrogen-bond donors (Lipinski definition) is 2. The monoisotopic (exact) mass is 496 g/mol. The Hall–Kier alpha value is -2.75. The van der Waals surface area contributed by atoms with E-state index in [9.17, 15) is 14.4 Å². The van der Waals surface area contributed by atoms with Crippen LogP contribution < -0.4 is 5.32 Å². The molecule has 3 rings (SSSR count). The Morgan fingerprint density at radius 2 is 1.93 bits per heavy atom. The molecule has 0 saturated heterocycles. The summed E-state index contributed by atoms with van der Waals surface area (Å²) in [6.07, 6.45) is 1.49. The van der Waals surface area contributed by atoms with Gasteiger partial charge in [-0.05, 0) is 52.7 Å². The summed E-state index contributed by atoms with van der Waals surface area (Å²) in [4.78, 5) is 40.3. The summed E-state index contributed by atoms with van der Waals surface area (Å²) < 4.78 is 1.57. The molecule has 0 spiro atoms. The van der Waals surface area contributed by atoms with Crippen molar-refractivity contribution in [1.82, 2.24) is 14.8 Å². The highest BCUT2D eigenvalue weighted by molar-refractivity contribution is 9.10. The number of carboxylic acid groups (broad SMARTS) is 1. The first kappa shape index (κ1) is 21.0. The molecule has 0 saturated carbocycles. The van der Waals surface area contributed by atoms with E-state index in [2.05, 4.69) is 31.3 Å². The number of pyridine rings is 1. The fourth-order valence-electron chi connectivity index (χ4n) is 2.59. The van der Waals surface area contributed by atoms with Crippen LogP contribution in [0.25, 0.3) is 5.82 Å². The summed E-state index contributed by atoms with van der Waals surface area (Å²) in [5, 5.41) is 16.2. The second-order valence-corrected chi connectivity index (χ2v) is 7.46. The summed E-state index contributed by atoms with van der Waals surface area (Å²) in [7, 11) is 0. The molecule has 1 aromatic carbocycles. The second-order valence-electron chi connectivity index (χ2n) is 5.81. The number of hydrogen-bond acceptors (Lipinski definition) is 5. The number of carboxylic acids is 1. The van der Waals surface area contributed by atoms with Gasteiger partial charge < -0.3 is 10.4 Å². The molecule has 148 valence electrons. The van der Waals surface area contributed by atoms with E-state index >= 15 is 0 Å². The highest BCUT2D eigenvalue weighted by Crippen LogP contribution is 2.28. The fourth-order valence-corrected chi connectivity index (χ4v) is 3.44. The van der Waals surface area contributed by atoms with Crippen LogP contribution in [0.15, 0.2) is 41.1 Å². The summed E-state index contributed by atoms with van der Waals surface area (Å²) in [5.74, 6) is -3.31. The van der Waals surface area contributed by atoms with Crippen LogP contribution in [0.1, 0.15) is 26.4 Å². The van der Waals surface area contributed by atoms with Crippen LogP contribution in [0, 0.1) is 6.92 Å². The molecule has 0 bridgehead atoms. The quantitative estimate of drug-likeness (QED) is 0.404. The third-order valence-corrected chi connectivity index (χ3v) is 4.73. The van der Waals surface area contributed by atoms with E-state index in [1.807, 2.05) is 0 Å². The van der Waals surface area contributed by atoms with Gasteiger partial charge in [0.15, 0.2) is 5.82 Å². The first-order chi connectivity index (χ1) is 13.7. The number of benzene rings is 1. The topological polar surface area (TPSA) is 114 Å². The number of aromatic nitrogens is 3. The van der Waals surface area contributed by atoms with Crippen LogP contribution in [0.2, 0.25) is 10.0 Å². The predicted molar refractivity (Wildman–Crippen MR) is 110 cm³/mol. The molecular formula is C18H11BrCl2N4O4. The van der Waals surface area contributed by atoms with Gasteiger partial charge in [-0.3, -0.25) is 9.59 Å². The molecule has 29 heavy (non-hydrogen) atoms. The second kappa shape index (κ2) is 8.32. The van der Waals surface area contributed by atoms with Gasteiger partial charge >= 0.3 is 5.97 Å². The van der Waals surface area contributed by atoms with Crippen molar-refractivity contribution in [3.8, 4) is 5.82 Å². The molecule has 3 aromatic rings. The Balaban J connectivity index is 2.06. The number of nitrogens with one attached hydrogen (secondary N) is 1. The van der Waals surface area contributed by atoms with Crippen LogP contribution in [0.3, 0.4) is 0 Å². The fraction of sp³-hybridized carbons (Fsp3) is 0.0556. The largest absolute Gasteiger partial charge is 0.475 e. The summed E-state index contributed by atoms with van der Waals surface area (Å²) in [6.45, 7) is 1.59. The van der Waals surface area contributed by atoms with Gasteiger partial charge in [-0.15, -0.1) is 0 Å². The van der Waals surface area contributed by atoms with Crippen molar-refractivity contribution in [1.29, 1.82) is 0 Å². The maximum atomic E-state index is 13.0. The molecule has 2 N–H and O–H groups in total. The van der Waals surface area contributed by atoms with Crippen molar-refractivity contribution in [3.63, 3.8) is 0 Å². The van der Waals surface area contributed by atoms with Gasteiger partial charge in [0.2, 0.25) is 0 Å². The molecule has 0 radical (unpaired) electrons. The molecule has 1 amide bonds. The third-order valence-electron chi connectivity index (χ3n) is 3.83. The van der Waals surface area contributed by atoms with E-state index in [-0.39, 0.29) is 32.8 Å². The number of aryl methyl sites for hydroxylation is 1. The van der Waals surface area contributed by atoms with Crippen molar-refractivity contribution in [3.05, 3.63) is 68.0 Å².